The summed E-state index contributed by atoms with van der Waals surface area (Å²) in [4.78, 5) is 21.9. The van der Waals surface area contributed by atoms with Gasteiger partial charge in [-0.25, -0.2) is 4.98 Å². The Morgan fingerprint density at radius 1 is 1.04 bits per heavy atom. The lowest BCUT2D eigenvalue weighted by Crippen LogP contribution is -2.59. The van der Waals surface area contributed by atoms with Crippen LogP contribution < -0.4 is 29.6 Å². The van der Waals surface area contributed by atoms with E-state index in [1.165, 1.54) is 11.3 Å². The number of halogens is 3. The summed E-state index contributed by atoms with van der Waals surface area (Å²) in [5.74, 6) is 1.58. The van der Waals surface area contributed by atoms with E-state index in [0.717, 1.165) is 46.5 Å². The average molecular weight is 694 g/mol. The zero-order chi connectivity index (χ0) is 31.7. The van der Waals surface area contributed by atoms with Gasteiger partial charge in [-0.2, -0.15) is 0 Å². The van der Waals surface area contributed by atoms with Crippen LogP contribution in [0, 0.1) is 6.92 Å². The number of carbonyl (C=O) groups excluding carboxylic acids is 1. The Kier molecular flexibility index (Phi) is 9.99. The maximum Gasteiger partial charge on any atom is 0.273 e. The number of fused-ring (bicyclic) bond motifs is 2. The molecule has 9 nitrogen and oxygen atoms in total. The minimum absolute atomic E-state index is 0.00104. The molecule has 3 aliphatic rings. The van der Waals surface area contributed by atoms with Gasteiger partial charge in [0.15, 0.2) is 5.75 Å². The van der Waals surface area contributed by atoms with E-state index in [0.29, 0.717) is 57.0 Å². The molecule has 2 atom stereocenters. The molecule has 3 aromatic rings. The molecule has 13 heteroatoms. The number of carbonyl (C=O) groups is 1. The average Bonchev–Trinajstić information content (AvgIpc) is 3.75. The number of amides is 1. The van der Waals surface area contributed by atoms with Gasteiger partial charge in [0.05, 0.1) is 40.2 Å². The van der Waals surface area contributed by atoms with Crippen LogP contribution in [0.3, 0.4) is 0 Å². The van der Waals surface area contributed by atoms with E-state index in [1.54, 1.807) is 38.6 Å². The van der Waals surface area contributed by atoms with Crippen molar-refractivity contribution in [3.63, 3.8) is 0 Å². The molecule has 1 amide bonds. The highest BCUT2D eigenvalue weighted by molar-refractivity contribution is 7.14. The number of nitrogens with one attached hydrogen (secondary N) is 2. The fourth-order valence-corrected chi connectivity index (χ4v) is 7.67. The number of hydrogen-bond donors (Lipinski definition) is 2. The summed E-state index contributed by atoms with van der Waals surface area (Å²) in [7, 11) is 3.17. The maximum atomic E-state index is 14.5. The fraction of sp³-hybridized carbons (Fsp3) is 0.438. The number of rotatable bonds is 12. The number of ether oxygens (including phenoxy) is 4. The topological polar surface area (TPSA) is 94.2 Å². The van der Waals surface area contributed by atoms with Gasteiger partial charge in [0.25, 0.3) is 11.1 Å². The van der Waals surface area contributed by atoms with E-state index >= 15 is 0 Å². The molecule has 0 spiro atoms. The Hall–Kier alpha value is -2.73. The lowest BCUT2D eigenvalue weighted by molar-refractivity contribution is -0.128. The van der Waals surface area contributed by atoms with Crippen LogP contribution in [0.2, 0.25) is 15.1 Å². The Bertz CT molecular complexity index is 1590. The molecule has 2 N–H and O–H groups in total. The molecule has 1 aliphatic carbocycles. The third kappa shape index (κ3) is 7.16. The first-order valence-electron chi connectivity index (χ1n) is 14.8. The van der Waals surface area contributed by atoms with Gasteiger partial charge >= 0.3 is 0 Å². The summed E-state index contributed by atoms with van der Waals surface area (Å²) in [5, 5.41) is 9.06. The smallest absolute Gasteiger partial charge is 0.273 e. The minimum atomic E-state index is -0.125. The summed E-state index contributed by atoms with van der Waals surface area (Å²) in [6.07, 6.45) is 4.40. The normalized spacial score (nSPS) is 19.3. The molecule has 1 aromatic heterocycles. The molecule has 45 heavy (non-hydrogen) atoms. The number of methoxy groups -OCH3 is 2. The van der Waals surface area contributed by atoms with Gasteiger partial charge in [-0.1, -0.05) is 46.1 Å². The highest BCUT2D eigenvalue weighted by atomic mass is 35.5. The monoisotopic (exact) mass is 692 g/mol. The van der Waals surface area contributed by atoms with Gasteiger partial charge in [-0.05, 0) is 61.1 Å². The Balaban J connectivity index is 1.23. The van der Waals surface area contributed by atoms with Crippen molar-refractivity contribution >= 4 is 57.6 Å². The fourth-order valence-electron chi connectivity index (χ4n) is 5.86. The van der Waals surface area contributed by atoms with E-state index in [-0.39, 0.29) is 37.2 Å². The van der Waals surface area contributed by atoms with Crippen molar-refractivity contribution in [2.45, 2.75) is 50.9 Å². The van der Waals surface area contributed by atoms with Crippen LogP contribution >= 0.6 is 46.1 Å². The van der Waals surface area contributed by atoms with Crippen LogP contribution in [0.4, 0.5) is 0 Å². The molecule has 2 aromatic carbocycles. The summed E-state index contributed by atoms with van der Waals surface area (Å²) < 4.78 is 22.7. The second-order valence-electron chi connectivity index (χ2n) is 11.4. The Labute approximate surface area is 281 Å². The molecule has 1 saturated carbocycles. The van der Waals surface area contributed by atoms with E-state index in [4.69, 9.17) is 53.8 Å². The second kappa shape index (κ2) is 13.9. The summed E-state index contributed by atoms with van der Waals surface area (Å²) in [6, 6.07) is 7.46. The first kappa shape index (κ1) is 32.2. The first-order valence-corrected chi connectivity index (χ1v) is 16.8. The first-order chi connectivity index (χ1) is 21.7. The molecule has 240 valence electrons. The summed E-state index contributed by atoms with van der Waals surface area (Å²) in [5.41, 5.74) is 3.51. The van der Waals surface area contributed by atoms with Crippen LogP contribution in [-0.4, -0.2) is 74.4 Å². The van der Waals surface area contributed by atoms with E-state index in [1.807, 2.05) is 17.9 Å². The van der Waals surface area contributed by atoms with Crippen LogP contribution in [0.5, 0.6) is 22.4 Å². The van der Waals surface area contributed by atoms with Gasteiger partial charge in [0, 0.05) is 49.6 Å². The van der Waals surface area contributed by atoms with Crippen molar-refractivity contribution in [3.05, 3.63) is 67.1 Å². The van der Waals surface area contributed by atoms with Crippen molar-refractivity contribution in [1.82, 2.24) is 20.5 Å². The molecule has 6 rings (SSSR count). The number of hydrogen-bond acceptors (Lipinski definition) is 9. The Morgan fingerprint density at radius 3 is 2.51 bits per heavy atom. The zero-order valence-corrected chi connectivity index (χ0v) is 28.3. The third-order valence-corrected chi connectivity index (χ3v) is 10.1. The quantitative estimate of drug-likeness (QED) is 0.218. The molecule has 2 bridgehead atoms. The minimum Gasteiger partial charge on any atom is -0.497 e. The largest absolute Gasteiger partial charge is 0.497 e. The van der Waals surface area contributed by atoms with Crippen molar-refractivity contribution in [1.29, 1.82) is 0 Å². The van der Waals surface area contributed by atoms with E-state index in [2.05, 4.69) is 15.6 Å². The van der Waals surface area contributed by atoms with Crippen LogP contribution in [0.25, 0.3) is 5.57 Å². The molecule has 0 unspecified atom stereocenters. The molecule has 1 saturated heterocycles. The number of aryl methyl sites for hydroxylation is 1. The van der Waals surface area contributed by atoms with Crippen LogP contribution in [-0.2, 0) is 11.3 Å². The van der Waals surface area contributed by atoms with E-state index < -0.39 is 0 Å². The van der Waals surface area contributed by atoms with Crippen molar-refractivity contribution in [2.24, 2.45) is 0 Å². The van der Waals surface area contributed by atoms with Crippen molar-refractivity contribution in [3.8, 4) is 22.4 Å². The predicted molar refractivity (Wildman–Crippen MR) is 178 cm³/mol. The molecule has 2 fully saturated rings. The van der Waals surface area contributed by atoms with Gasteiger partial charge in [-0.3, -0.25) is 4.79 Å². The predicted octanol–water partition coefficient (Wildman–Crippen LogP) is 6.17. The lowest BCUT2D eigenvalue weighted by atomic mass is 9.86. The van der Waals surface area contributed by atoms with Crippen LogP contribution in [0.15, 0.2) is 36.0 Å². The van der Waals surface area contributed by atoms with Gasteiger partial charge < -0.3 is 34.5 Å². The summed E-state index contributed by atoms with van der Waals surface area (Å²) in [6.45, 7) is 4.27. The van der Waals surface area contributed by atoms with Crippen molar-refractivity contribution < 1.29 is 23.7 Å². The molecule has 3 heterocycles. The number of piperazine rings is 1. The highest BCUT2D eigenvalue weighted by Crippen LogP contribution is 2.41. The standard InChI is InChI=1S/C32H35Cl3N4O5S/c1-17-8-23(33)30(24(34)9-17)43-6-7-44-32-37-15-27(45-32)22-11-19-13-36-14-25(38-19)28(22)31(40)39(20-4-5-20)16-18-10-21(41-2)12-26(42-3)29(18)35/h8-10,12,15,19-20,25,36,38H,4-7,11,13-14,16H2,1-3H3/t19-,25-/m1/s1. The number of nitrogens with zero attached hydrogens (tertiary/aromatic N) is 2. The number of benzene rings is 2. The van der Waals surface area contributed by atoms with E-state index in [9.17, 15) is 4.79 Å². The maximum absolute atomic E-state index is 14.5. The molecular weight excluding hydrogens is 659 g/mol. The van der Waals surface area contributed by atoms with Gasteiger partial charge in [-0.15, -0.1) is 0 Å². The van der Waals surface area contributed by atoms with Crippen molar-refractivity contribution in [2.75, 3.05) is 40.5 Å². The Morgan fingerprint density at radius 2 is 1.80 bits per heavy atom. The SMILES string of the molecule is COc1cc(CN(C(=O)C2=C(c3cnc(OCCOc4c(Cl)cc(C)cc4Cl)s3)C[C@@H]3CNC[C@H]2N3)C2CC2)c(Cl)c(OC)c1. The summed E-state index contributed by atoms with van der Waals surface area (Å²) >= 11 is 20.8. The van der Waals surface area contributed by atoms with Gasteiger partial charge in [0.1, 0.15) is 24.7 Å². The molecule has 2 aliphatic heterocycles. The van der Waals surface area contributed by atoms with Gasteiger partial charge in [0.2, 0.25) is 0 Å². The molecular formula is C32H35Cl3N4O5S. The number of aromatic nitrogens is 1. The molecule has 0 radical (unpaired) electrons. The third-order valence-electron chi connectivity index (χ3n) is 8.14. The lowest BCUT2D eigenvalue weighted by Gasteiger charge is -2.40. The highest BCUT2D eigenvalue weighted by Gasteiger charge is 2.41. The zero-order valence-electron chi connectivity index (χ0n) is 25.3. The van der Waals surface area contributed by atoms with Crippen LogP contribution in [0.1, 0.15) is 35.3 Å². The number of thiazole rings is 1. The second-order valence-corrected chi connectivity index (χ2v) is 13.6.